The van der Waals surface area contributed by atoms with Crippen LogP contribution in [0.3, 0.4) is 0 Å². The summed E-state index contributed by atoms with van der Waals surface area (Å²) >= 11 is 6.03. The van der Waals surface area contributed by atoms with Crippen molar-refractivity contribution < 1.29 is 4.79 Å². The number of likely N-dealkylation sites (N-methyl/N-ethyl adjacent to an activating group) is 1. The van der Waals surface area contributed by atoms with Gasteiger partial charge in [0.25, 0.3) is 0 Å². The monoisotopic (exact) mass is 360 g/mol. The van der Waals surface area contributed by atoms with Crippen molar-refractivity contribution in [2.24, 2.45) is 0 Å². The number of urea groups is 1. The zero-order chi connectivity index (χ0) is 18.1. The van der Waals surface area contributed by atoms with Crippen molar-refractivity contribution in [3.8, 4) is 0 Å². The Morgan fingerprint density at radius 3 is 2.52 bits per heavy atom. The quantitative estimate of drug-likeness (QED) is 0.729. The predicted molar refractivity (Wildman–Crippen MR) is 103 cm³/mol. The molecule has 0 atom stereocenters. The van der Waals surface area contributed by atoms with E-state index in [-0.39, 0.29) is 6.03 Å². The Labute approximate surface area is 154 Å². The number of halogens is 1. The van der Waals surface area contributed by atoms with Crippen molar-refractivity contribution in [1.82, 2.24) is 14.8 Å². The summed E-state index contributed by atoms with van der Waals surface area (Å²) < 4.78 is 0. The first kappa shape index (κ1) is 19.2. The van der Waals surface area contributed by atoms with E-state index in [4.69, 9.17) is 11.6 Å². The van der Waals surface area contributed by atoms with Gasteiger partial charge in [-0.1, -0.05) is 41.9 Å². The van der Waals surface area contributed by atoms with Crippen LogP contribution in [0.4, 0.5) is 10.5 Å². The lowest BCUT2D eigenvalue weighted by atomic mass is 10.1. The van der Waals surface area contributed by atoms with Gasteiger partial charge in [-0.05, 0) is 44.6 Å². The van der Waals surface area contributed by atoms with Gasteiger partial charge in [0.1, 0.15) is 0 Å². The smallest absolute Gasteiger partial charge is 0.321 e. The third kappa shape index (κ3) is 6.72. The van der Waals surface area contributed by atoms with E-state index in [1.165, 1.54) is 5.56 Å². The number of amides is 2. The SMILES string of the molecule is CN(C)CCN(CCCc1ccccc1)C(=O)Nc1cccnc1Cl. The number of anilines is 1. The summed E-state index contributed by atoms with van der Waals surface area (Å²) in [5.41, 5.74) is 1.82. The number of nitrogens with zero attached hydrogens (tertiary/aromatic N) is 3. The molecule has 1 heterocycles. The van der Waals surface area contributed by atoms with Crippen LogP contribution in [0.1, 0.15) is 12.0 Å². The zero-order valence-corrected chi connectivity index (χ0v) is 15.5. The molecular formula is C19H25ClN4O. The highest BCUT2D eigenvalue weighted by atomic mass is 35.5. The van der Waals surface area contributed by atoms with E-state index in [0.29, 0.717) is 23.9 Å². The topological polar surface area (TPSA) is 48.5 Å². The molecule has 0 fully saturated rings. The third-order valence-corrected chi connectivity index (χ3v) is 4.14. The Balaban J connectivity index is 1.94. The number of rotatable bonds is 8. The number of carbonyl (C=O) groups excluding carboxylic acids is 1. The van der Waals surface area contributed by atoms with Crippen molar-refractivity contribution >= 4 is 23.3 Å². The number of aryl methyl sites for hydroxylation is 1. The lowest BCUT2D eigenvalue weighted by Crippen LogP contribution is -2.40. The number of hydrogen-bond donors (Lipinski definition) is 1. The first-order valence-electron chi connectivity index (χ1n) is 8.41. The molecule has 0 saturated carbocycles. The number of aromatic nitrogens is 1. The van der Waals surface area contributed by atoms with Gasteiger partial charge in [-0.15, -0.1) is 0 Å². The fraction of sp³-hybridized carbons (Fsp3) is 0.368. The number of pyridine rings is 1. The van der Waals surface area contributed by atoms with Crippen molar-refractivity contribution in [3.05, 3.63) is 59.4 Å². The highest BCUT2D eigenvalue weighted by molar-refractivity contribution is 6.32. The second-order valence-corrected chi connectivity index (χ2v) is 6.51. The average Bonchev–Trinajstić information content (AvgIpc) is 2.60. The Morgan fingerprint density at radius 2 is 1.84 bits per heavy atom. The van der Waals surface area contributed by atoms with Gasteiger partial charge in [0.2, 0.25) is 0 Å². The molecule has 2 aromatic rings. The normalized spacial score (nSPS) is 10.7. The van der Waals surface area contributed by atoms with Gasteiger partial charge < -0.3 is 15.1 Å². The molecule has 0 spiro atoms. The van der Waals surface area contributed by atoms with Gasteiger partial charge in [-0.2, -0.15) is 0 Å². The second-order valence-electron chi connectivity index (χ2n) is 6.15. The van der Waals surface area contributed by atoms with Crippen LogP contribution in [0.5, 0.6) is 0 Å². The first-order chi connectivity index (χ1) is 12.1. The maximum Gasteiger partial charge on any atom is 0.321 e. The molecule has 0 aliphatic rings. The largest absolute Gasteiger partial charge is 0.323 e. The van der Waals surface area contributed by atoms with Crippen LogP contribution in [0, 0.1) is 0 Å². The molecule has 25 heavy (non-hydrogen) atoms. The Hall–Kier alpha value is -2.11. The standard InChI is InChI=1S/C19H25ClN4O/c1-23(2)14-15-24(13-7-10-16-8-4-3-5-9-16)19(25)22-17-11-6-12-21-18(17)20/h3-6,8-9,11-12H,7,10,13-15H2,1-2H3,(H,22,25). The van der Waals surface area contributed by atoms with Gasteiger partial charge >= 0.3 is 6.03 Å². The van der Waals surface area contributed by atoms with E-state index in [1.54, 1.807) is 18.3 Å². The van der Waals surface area contributed by atoms with Crippen LogP contribution < -0.4 is 5.32 Å². The summed E-state index contributed by atoms with van der Waals surface area (Å²) in [4.78, 5) is 20.5. The summed E-state index contributed by atoms with van der Waals surface area (Å²) in [7, 11) is 4.00. The van der Waals surface area contributed by atoms with Gasteiger partial charge in [-0.25, -0.2) is 9.78 Å². The van der Waals surface area contributed by atoms with E-state index in [2.05, 4.69) is 27.3 Å². The molecule has 0 unspecified atom stereocenters. The van der Waals surface area contributed by atoms with Gasteiger partial charge in [0.05, 0.1) is 5.69 Å². The van der Waals surface area contributed by atoms with Crippen molar-refractivity contribution in [2.75, 3.05) is 39.0 Å². The summed E-state index contributed by atoms with van der Waals surface area (Å²) in [5.74, 6) is 0. The van der Waals surface area contributed by atoms with E-state index in [9.17, 15) is 4.79 Å². The highest BCUT2D eigenvalue weighted by Gasteiger charge is 2.15. The number of benzene rings is 1. The molecule has 1 aromatic heterocycles. The minimum absolute atomic E-state index is 0.148. The van der Waals surface area contributed by atoms with Crippen molar-refractivity contribution in [1.29, 1.82) is 0 Å². The van der Waals surface area contributed by atoms with Crippen LogP contribution in [0.25, 0.3) is 0 Å². The Bertz CT molecular complexity index is 663. The first-order valence-corrected chi connectivity index (χ1v) is 8.79. The molecule has 1 N–H and O–H groups in total. The van der Waals surface area contributed by atoms with Gasteiger partial charge in [0.15, 0.2) is 5.15 Å². The second kappa shape index (κ2) is 10.0. The lowest BCUT2D eigenvalue weighted by Gasteiger charge is -2.25. The third-order valence-electron chi connectivity index (χ3n) is 3.84. The molecule has 5 nitrogen and oxygen atoms in total. The van der Waals surface area contributed by atoms with Crippen LogP contribution in [0.2, 0.25) is 5.15 Å². The summed E-state index contributed by atoms with van der Waals surface area (Å²) in [6, 6.07) is 13.7. The minimum Gasteiger partial charge on any atom is -0.323 e. The highest BCUT2D eigenvalue weighted by Crippen LogP contribution is 2.18. The summed E-state index contributed by atoms with van der Waals surface area (Å²) in [6.07, 6.45) is 3.45. The molecule has 0 saturated heterocycles. The van der Waals surface area contributed by atoms with E-state index >= 15 is 0 Å². The molecule has 1 aromatic carbocycles. The molecule has 2 amide bonds. The Morgan fingerprint density at radius 1 is 1.08 bits per heavy atom. The van der Waals surface area contributed by atoms with E-state index < -0.39 is 0 Å². The molecule has 6 heteroatoms. The van der Waals surface area contributed by atoms with Crippen LogP contribution in [-0.2, 0) is 6.42 Å². The lowest BCUT2D eigenvalue weighted by molar-refractivity contribution is 0.204. The Kier molecular flexibility index (Phi) is 7.70. The number of carbonyl (C=O) groups is 1. The van der Waals surface area contributed by atoms with Crippen LogP contribution >= 0.6 is 11.6 Å². The van der Waals surface area contributed by atoms with Crippen LogP contribution in [0.15, 0.2) is 48.7 Å². The number of hydrogen-bond acceptors (Lipinski definition) is 3. The zero-order valence-electron chi connectivity index (χ0n) is 14.8. The minimum atomic E-state index is -0.148. The predicted octanol–water partition coefficient (Wildman–Crippen LogP) is 3.76. The summed E-state index contributed by atoms with van der Waals surface area (Å²) in [6.45, 7) is 2.15. The maximum atomic E-state index is 12.6. The average molecular weight is 361 g/mol. The fourth-order valence-corrected chi connectivity index (χ4v) is 2.59. The maximum absolute atomic E-state index is 12.6. The number of nitrogens with one attached hydrogen (secondary N) is 1. The van der Waals surface area contributed by atoms with Crippen molar-refractivity contribution in [2.45, 2.75) is 12.8 Å². The molecular weight excluding hydrogens is 336 g/mol. The molecule has 0 aliphatic heterocycles. The van der Waals surface area contributed by atoms with Crippen LogP contribution in [-0.4, -0.2) is 54.5 Å². The van der Waals surface area contributed by atoms with Gasteiger partial charge in [-0.3, -0.25) is 0 Å². The van der Waals surface area contributed by atoms with Crippen molar-refractivity contribution in [3.63, 3.8) is 0 Å². The molecule has 0 aliphatic carbocycles. The van der Waals surface area contributed by atoms with Gasteiger partial charge in [0, 0.05) is 25.8 Å². The summed E-state index contributed by atoms with van der Waals surface area (Å²) in [5, 5.41) is 3.16. The molecule has 0 bridgehead atoms. The molecule has 134 valence electrons. The fourth-order valence-electron chi connectivity index (χ4n) is 2.43. The van der Waals surface area contributed by atoms with E-state index in [0.717, 1.165) is 19.4 Å². The molecule has 2 rings (SSSR count). The van der Waals surface area contributed by atoms with E-state index in [1.807, 2.05) is 37.2 Å². The molecule has 0 radical (unpaired) electrons.